The summed E-state index contributed by atoms with van der Waals surface area (Å²) in [5.74, 6) is -0.407. The first-order chi connectivity index (χ1) is 9.45. The number of urea groups is 1. The SMILES string of the molecule is CCC1SCC(C(=O)O)N1C(=O)N1CCC(N(C)C)C1. The van der Waals surface area contributed by atoms with E-state index in [1.807, 2.05) is 21.0 Å². The third-order valence-corrected chi connectivity index (χ3v) is 5.57. The van der Waals surface area contributed by atoms with Gasteiger partial charge in [-0.05, 0) is 26.9 Å². The van der Waals surface area contributed by atoms with E-state index in [1.165, 1.54) is 0 Å². The van der Waals surface area contributed by atoms with Gasteiger partial charge in [0.25, 0.3) is 0 Å². The van der Waals surface area contributed by atoms with Crippen molar-refractivity contribution in [2.24, 2.45) is 0 Å². The number of likely N-dealkylation sites (N-methyl/N-ethyl adjacent to an activating group) is 1. The summed E-state index contributed by atoms with van der Waals surface area (Å²) in [6, 6.07) is -0.424. The molecule has 0 bridgehead atoms. The van der Waals surface area contributed by atoms with Crippen LogP contribution in [0.2, 0.25) is 0 Å². The Morgan fingerprint density at radius 1 is 1.40 bits per heavy atom. The number of nitrogens with zero attached hydrogens (tertiary/aromatic N) is 3. The van der Waals surface area contributed by atoms with Crippen LogP contribution in [-0.4, -0.2) is 82.2 Å². The fourth-order valence-electron chi connectivity index (χ4n) is 2.83. The number of carbonyl (C=O) groups is 2. The molecule has 7 heteroatoms. The van der Waals surface area contributed by atoms with E-state index < -0.39 is 12.0 Å². The molecule has 1 N–H and O–H groups in total. The summed E-state index contributed by atoms with van der Waals surface area (Å²) in [7, 11) is 4.03. The number of thioether (sulfide) groups is 1. The van der Waals surface area contributed by atoms with Crippen LogP contribution in [0.5, 0.6) is 0 Å². The molecular formula is C13H23N3O3S. The largest absolute Gasteiger partial charge is 0.480 e. The van der Waals surface area contributed by atoms with Gasteiger partial charge in [0.1, 0.15) is 6.04 Å². The number of likely N-dealkylation sites (tertiary alicyclic amines) is 1. The molecule has 0 spiro atoms. The molecule has 2 aliphatic heterocycles. The van der Waals surface area contributed by atoms with Crippen LogP contribution in [0, 0.1) is 0 Å². The number of carbonyl (C=O) groups excluding carboxylic acids is 1. The highest BCUT2D eigenvalue weighted by molar-refractivity contribution is 8.00. The lowest BCUT2D eigenvalue weighted by Gasteiger charge is -2.31. The van der Waals surface area contributed by atoms with Gasteiger partial charge in [0.2, 0.25) is 0 Å². The Kier molecular flexibility index (Phi) is 4.80. The van der Waals surface area contributed by atoms with Crippen LogP contribution in [-0.2, 0) is 4.79 Å². The maximum absolute atomic E-state index is 12.7. The van der Waals surface area contributed by atoms with Crippen molar-refractivity contribution in [3.8, 4) is 0 Å². The van der Waals surface area contributed by atoms with Crippen LogP contribution in [0.15, 0.2) is 0 Å². The predicted molar refractivity (Wildman–Crippen MR) is 78.9 cm³/mol. The zero-order valence-electron chi connectivity index (χ0n) is 12.3. The first-order valence-corrected chi connectivity index (χ1v) is 8.08. The average Bonchev–Trinajstić information content (AvgIpc) is 3.04. The molecule has 0 aromatic rings. The summed E-state index contributed by atoms with van der Waals surface area (Å²) in [6.45, 7) is 3.40. The van der Waals surface area contributed by atoms with Crippen LogP contribution >= 0.6 is 11.8 Å². The molecule has 0 aromatic carbocycles. The van der Waals surface area contributed by atoms with Gasteiger partial charge in [-0.1, -0.05) is 6.92 Å². The third-order valence-electron chi connectivity index (χ3n) is 4.11. The number of carboxylic acids is 1. The molecular weight excluding hydrogens is 278 g/mol. The Morgan fingerprint density at radius 2 is 2.10 bits per heavy atom. The predicted octanol–water partition coefficient (Wildman–Crippen LogP) is 0.980. The highest BCUT2D eigenvalue weighted by atomic mass is 32.2. The summed E-state index contributed by atoms with van der Waals surface area (Å²) in [5, 5.41) is 9.28. The van der Waals surface area contributed by atoms with E-state index in [1.54, 1.807) is 21.6 Å². The zero-order chi connectivity index (χ0) is 14.9. The lowest BCUT2D eigenvalue weighted by Crippen LogP contribution is -2.51. The van der Waals surface area contributed by atoms with Crippen molar-refractivity contribution in [1.29, 1.82) is 0 Å². The molecule has 6 nitrogen and oxygen atoms in total. The Balaban J connectivity index is 2.08. The van der Waals surface area contributed by atoms with Crippen LogP contribution in [0.1, 0.15) is 19.8 Å². The molecule has 114 valence electrons. The highest BCUT2D eigenvalue weighted by Gasteiger charge is 2.43. The molecule has 2 rings (SSSR count). The molecule has 2 heterocycles. The Bertz CT molecular complexity index is 391. The summed E-state index contributed by atoms with van der Waals surface area (Å²) in [6.07, 6.45) is 1.74. The van der Waals surface area contributed by atoms with Crippen LogP contribution in [0.25, 0.3) is 0 Å². The van der Waals surface area contributed by atoms with Crippen molar-refractivity contribution < 1.29 is 14.7 Å². The molecule has 0 aliphatic carbocycles. The molecule has 0 saturated carbocycles. The fraction of sp³-hybridized carbons (Fsp3) is 0.846. The van der Waals surface area contributed by atoms with Gasteiger partial charge in [0, 0.05) is 24.9 Å². The van der Waals surface area contributed by atoms with Crippen LogP contribution in [0.4, 0.5) is 4.79 Å². The standard InChI is InChI=1S/C13H23N3O3S/c1-4-11-16(10(8-20-11)12(17)18)13(19)15-6-5-9(7-15)14(2)3/h9-11H,4-8H2,1-3H3,(H,17,18). The maximum atomic E-state index is 12.7. The van der Waals surface area contributed by atoms with Gasteiger partial charge in [0.05, 0.1) is 5.37 Å². The van der Waals surface area contributed by atoms with Gasteiger partial charge >= 0.3 is 12.0 Å². The molecule has 2 aliphatic rings. The first-order valence-electron chi connectivity index (χ1n) is 7.03. The van der Waals surface area contributed by atoms with Gasteiger partial charge in [0.15, 0.2) is 0 Å². The van der Waals surface area contributed by atoms with Gasteiger partial charge < -0.3 is 14.9 Å². The lowest BCUT2D eigenvalue weighted by atomic mass is 10.2. The second kappa shape index (κ2) is 6.22. The normalized spacial score (nSPS) is 30.3. The smallest absolute Gasteiger partial charge is 0.327 e. The van der Waals surface area contributed by atoms with Crippen molar-refractivity contribution in [3.05, 3.63) is 0 Å². The minimum Gasteiger partial charge on any atom is -0.480 e. The number of hydrogen-bond donors (Lipinski definition) is 1. The minimum atomic E-state index is -0.898. The van der Waals surface area contributed by atoms with E-state index in [2.05, 4.69) is 4.90 Å². The van der Waals surface area contributed by atoms with Crippen LogP contribution in [0.3, 0.4) is 0 Å². The van der Waals surface area contributed by atoms with Crippen molar-refractivity contribution in [2.45, 2.75) is 37.2 Å². The number of amides is 2. The maximum Gasteiger partial charge on any atom is 0.327 e. The molecule has 3 atom stereocenters. The van der Waals surface area contributed by atoms with Crippen molar-refractivity contribution in [3.63, 3.8) is 0 Å². The number of rotatable bonds is 3. The monoisotopic (exact) mass is 301 g/mol. The van der Waals surface area contributed by atoms with E-state index in [0.717, 1.165) is 12.8 Å². The fourth-order valence-corrected chi connectivity index (χ4v) is 4.17. The molecule has 3 unspecified atom stereocenters. The summed E-state index contributed by atoms with van der Waals surface area (Å²) >= 11 is 1.57. The van der Waals surface area contributed by atoms with Gasteiger partial charge in [-0.25, -0.2) is 9.59 Å². The van der Waals surface area contributed by atoms with E-state index >= 15 is 0 Å². The molecule has 2 saturated heterocycles. The third kappa shape index (κ3) is 2.88. The lowest BCUT2D eigenvalue weighted by molar-refractivity contribution is -0.141. The molecule has 0 radical (unpaired) electrons. The highest BCUT2D eigenvalue weighted by Crippen LogP contribution is 2.33. The van der Waals surface area contributed by atoms with Gasteiger partial charge in [-0.3, -0.25) is 4.90 Å². The average molecular weight is 301 g/mol. The molecule has 0 aromatic heterocycles. The Hall–Kier alpha value is -0.950. The van der Waals surface area contributed by atoms with Crippen LogP contribution < -0.4 is 0 Å². The molecule has 20 heavy (non-hydrogen) atoms. The number of carboxylic acid groups (broad SMARTS) is 1. The van der Waals surface area contributed by atoms with Crippen molar-refractivity contribution >= 4 is 23.8 Å². The van der Waals surface area contributed by atoms with E-state index in [0.29, 0.717) is 24.9 Å². The van der Waals surface area contributed by atoms with Gasteiger partial charge in [-0.2, -0.15) is 0 Å². The van der Waals surface area contributed by atoms with E-state index in [-0.39, 0.29) is 11.4 Å². The Labute approximate surface area is 124 Å². The van der Waals surface area contributed by atoms with Gasteiger partial charge in [-0.15, -0.1) is 11.8 Å². The van der Waals surface area contributed by atoms with E-state index in [9.17, 15) is 14.7 Å². The number of aliphatic carboxylic acids is 1. The second-order valence-corrected chi connectivity index (χ2v) is 6.80. The molecule has 2 amide bonds. The molecule has 2 fully saturated rings. The zero-order valence-corrected chi connectivity index (χ0v) is 13.1. The first kappa shape index (κ1) is 15.4. The summed E-state index contributed by atoms with van der Waals surface area (Å²) in [5.41, 5.74) is 0. The topological polar surface area (TPSA) is 64.1 Å². The second-order valence-electron chi connectivity index (χ2n) is 5.59. The quantitative estimate of drug-likeness (QED) is 0.842. The summed E-state index contributed by atoms with van der Waals surface area (Å²) < 4.78 is 0. The number of hydrogen-bond acceptors (Lipinski definition) is 4. The van der Waals surface area contributed by atoms with E-state index in [4.69, 9.17) is 0 Å². The minimum absolute atomic E-state index is 0.0120. The van der Waals surface area contributed by atoms with Crippen molar-refractivity contribution in [2.75, 3.05) is 32.9 Å². The Morgan fingerprint density at radius 3 is 2.60 bits per heavy atom. The van der Waals surface area contributed by atoms with Crippen molar-refractivity contribution in [1.82, 2.24) is 14.7 Å². The summed E-state index contributed by atoms with van der Waals surface area (Å²) in [4.78, 5) is 29.5.